The Labute approximate surface area is 147 Å². The Hall–Kier alpha value is -1.15. The summed E-state index contributed by atoms with van der Waals surface area (Å²) in [4.78, 5) is 18.0. The van der Waals surface area contributed by atoms with Gasteiger partial charge in [0.15, 0.2) is 0 Å². The van der Waals surface area contributed by atoms with E-state index >= 15 is 0 Å². The third-order valence-corrected chi connectivity index (χ3v) is 5.33. The lowest BCUT2D eigenvalue weighted by Crippen LogP contribution is -2.46. The summed E-state index contributed by atoms with van der Waals surface area (Å²) in [5.41, 5.74) is 0. The predicted molar refractivity (Wildman–Crippen MR) is 94.4 cm³/mol. The van der Waals surface area contributed by atoms with Crippen LogP contribution < -0.4 is 5.32 Å². The van der Waals surface area contributed by atoms with Crippen LogP contribution in [-0.2, 0) is 16.0 Å². The zero-order valence-electron chi connectivity index (χ0n) is 14.1. The molecule has 2 aliphatic heterocycles. The Morgan fingerprint density at radius 2 is 2.25 bits per heavy atom. The largest absolute Gasteiger partial charge is 0.379 e. The van der Waals surface area contributed by atoms with Crippen LogP contribution >= 0.6 is 11.3 Å². The van der Waals surface area contributed by atoms with Gasteiger partial charge in [-0.15, -0.1) is 11.3 Å². The zero-order valence-corrected chi connectivity index (χ0v) is 14.9. The fraction of sp³-hybridized carbons (Fsp3) is 0.706. The summed E-state index contributed by atoms with van der Waals surface area (Å²) in [5.74, 6) is 0. The van der Waals surface area contributed by atoms with Gasteiger partial charge in [0.25, 0.3) is 0 Å². The molecule has 0 aliphatic carbocycles. The molecule has 6 nitrogen and oxygen atoms in total. The number of carbonyl (C=O) groups excluding carboxylic acids is 1. The maximum Gasteiger partial charge on any atom is 0.317 e. The molecule has 1 unspecified atom stereocenters. The lowest BCUT2D eigenvalue weighted by Gasteiger charge is -2.28. The summed E-state index contributed by atoms with van der Waals surface area (Å²) in [6, 6.07) is 4.11. The van der Waals surface area contributed by atoms with E-state index in [-0.39, 0.29) is 12.1 Å². The van der Waals surface area contributed by atoms with Crippen LogP contribution in [0.25, 0.3) is 0 Å². The van der Waals surface area contributed by atoms with Crippen molar-refractivity contribution in [1.82, 2.24) is 15.1 Å². The summed E-state index contributed by atoms with van der Waals surface area (Å²) < 4.78 is 11.1. The third kappa shape index (κ3) is 5.44. The van der Waals surface area contributed by atoms with Gasteiger partial charge in [-0.05, 0) is 24.3 Å². The molecule has 1 N–H and O–H groups in total. The first-order valence-corrected chi connectivity index (χ1v) is 9.66. The maximum atomic E-state index is 12.6. The lowest BCUT2D eigenvalue weighted by molar-refractivity contribution is 0.0383. The summed E-state index contributed by atoms with van der Waals surface area (Å²) in [6.07, 6.45) is 2.31. The first kappa shape index (κ1) is 17.7. The van der Waals surface area contributed by atoms with Gasteiger partial charge in [-0.25, -0.2) is 4.79 Å². The molecule has 1 aromatic heterocycles. The molecular formula is C17H27N3O3S. The van der Waals surface area contributed by atoms with Crippen LogP contribution in [0.15, 0.2) is 17.5 Å². The van der Waals surface area contributed by atoms with Crippen molar-refractivity contribution < 1.29 is 14.3 Å². The van der Waals surface area contributed by atoms with E-state index in [1.807, 2.05) is 11.0 Å². The second kappa shape index (κ2) is 9.36. The molecule has 0 aromatic carbocycles. The standard InChI is InChI=1S/C17H27N3O3S/c21-17(18-5-6-19-7-10-22-11-8-19)20(13-15-3-1-9-23-15)14-16-4-2-12-24-16/h2,4,12,15H,1,3,5-11,13-14H2,(H,18,21). The number of carbonyl (C=O) groups is 1. The minimum absolute atomic E-state index is 0.00663. The molecule has 1 atom stereocenters. The fourth-order valence-corrected chi connectivity index (χ4v) is 3.82. The van der Waals surface area contributed by atoms with Gasteiger partial charge in [-0.2, -0.15) is 0 Å². The van der Waals surface area contributed by atoms with Crippen molar-refractivity contribution in [3.63, 3.8) is 0 Å². The van der Waals surface area contributed by atoms with Crippen LogP contribution in [-0.4, -0.2) is 74.5 Å². The van der Waals surface area contributed by atoms with E-state index in [1.165, 1.54) is 4.88 Å². The number of nitrogens with one attached hydrogen (secondary N) is 1. The van der Waals surface area contributed by atoms with Crippen LogP contribution in [0.1, 0.15) is 17.7 Å². The predicted octanol–water partition coefficient (Wildman–Crippen LogP) is 1.77. The number of hydrogen-bond acceptors (Lipinski definition) is 5. The van der Waals surface area contributed by atoms with Crippen LogP contribution in [0.4, 0.5) is 4.79 Å². The highest BCUT2D eigenvalue weighted by atomic mass is 32.1. The molecule has 7 heteroatoms. The van der Waals surface area contributed by atoms with Crippen molar-refractivity contribution in [1.29, 1.82) is 0 Å². The first-order chi connectivity index (χ1) is 11.8. The normalized spacial score (nSPS) is 21.8. The van der Waals surface area contributed by atoms with Crippen molar-refractivity contribution in [2.45, 2.75) is 25.5 Å². The number of amides is 2. The SMILES string of the molecule is O=C(NCCN1CCOCC1)N(Cc1cccs1)CC1CCCO1. The van der Waals surface area contributed by atoms with Crippen molar-refractivity contribution in [2.75, 3.05) is 52.5 Å². The molecule has 0 bridgehead atoms. The monoisotopic (exact) mass is 353 g/mol. The van der Waals surface area contributed by atoms with Gasteiger partial charge in [0.1, 0.15) is 0 Å². The molecule has 3 heterocycles. The van der Waals surface area contributed by atoms with E-state index in [2.05, 4.69) is 21.7 Å². The van der Waals surface area contributed by atoms with Gasteiger partial charge in [0.2, 0.25) is 0 Å². The van der Waals surface area contributed by atoms with E-state index < -0.39 is 0 Å². The highest BCUT2D eigenvalue weighted by Gasteiger charge is 2.23. The first-order valence-electron chi connectivity index (χ1n) is 8.78. The minimum atomic E-state index is 0.00663. The Morgan fingerprint density at radius 3 is 2.96 bits per heavy atom. The molecule has 2 saturated heterocycles. The zero-order chi connectivity index (χ0) is 16.6. The Kier molecular flexibility index (Phi) is 6.89. The summed E-state index contributed by atoms with van der Waals surface area (Å²) in [5, 5.41) is 5.12. The van der Waals surface area contributed by atoms with Crippen LogP contribution in [0, 0.1) is 0 Å². The summed E-state index contributed by atoms with van der Waals surface area (Å²) >= 11 is 1.69. The highest BCUT2D eigenvalue weighted by molar-refractivity contribution is 7.09. The molecule has 0 radical (unpaired) electrons. The number of nitrogens with zero attached hydrogens (tertiary/aromatic N) is 2. The van der Waals surface area contributed by atoms with Gasteiger partial charge >= 0.3 is 6.03 Å². The van der Waals surface area contributed by atoms with E-state index in [0.717, 1.165) is 52.3 Å². The van der Waals surface area contributed by atoms with Gasteiger partial charge in [0, 0.05) is 44.2 Å². The summed E-state index contributed by atoms with van der Waals surface area (Å²) in [7, 11) is 0. The average molecular weight is 353 g/mol. The molecule has 2 aliphatic rings. The van der Waals surface area contributed by atoms with E-state index in [9.17, 15) is 4.79 Å². The second-order valence-corrected chi connectivity index (χ2v) is 7.31. The molecular weight excluding hydrogens is 326 g/mol. The number of rotatable bonds is 7. The minimum Gasteiger partial charge on any atom is -0.379 e. The molecule has 0 spiro atoms. The molecule has 3 rings (SSSR count). The summed E-state index contributed by atoms with van der Waals surface area (Å²) in [6.45, 7) is 7.16. The van der Waals surface area contributed by atoms with E-state index in [1.54, 1.807) is 11.3 Å². The molecule has 2 amide bonds. The van der Waals surface area contributed by atoms with Crippen molar-refractivity contribution in [2.24, 2.45) is 0 Å². The second-order valence-electron chi connectivity index (χ2n) is 6.28. The van der Waals surface area contributed by atoms with E-state index in [0.29, 0.717) is 19.6 Å². The van der Waals surface area contributed by atoms with Gasteiger partial charge in [0.05, 0.1) is 25.9 Å². The number of ether oxygens (including phenoxy) is 2. The van der Waals surface area contributed by atoms with Crippen molar-refractivity contribution in [3.8, 4) is 0 Å². The van der Waals surface area contributed by atoms with Crippen LogP contribution in [0.2, 0.25) is 0 Å². The topological polar surface area (TPSA) is 54.0 Å². The van der Waals surface area contributed by atoms with Gasteiger partial charge in [-0.3, -0.25) is 4.90 Å². The van der Waals surface area contributed by atoms with Crippen molar-refractivity contribution in [3.05, 3.63) is 22.4 Å². The molecule has 0 saturated carbocycles. The number of urea groups is 1. The van der Waals surface area contributed by atoms with Gasteiger partial charge < -0.3 is 19.7 Å². The molecule has 134 valence electrons. The molecule has 1 aromatic rings. The quantitative estimate of drug-likeness (QED) is 0.812. The van der Waals surface area contributed by atoms with E-state index in [4.69, 9.17) is 9.47 Å². The number of thiophene rings is 1. The van der Waals surface area contributed by atoms with Crippen LogP contribution in [0.3, 0.4) is 0 Å². The lowest BCUT2D eigenvalue weighted by atomic mass is 10.2. The number of hydrogen-bond donors (Lipinski definition) is 1. The average Bonchev–Trinajstić information content (AvgIpc) is 3.29. The number of morpholine rings is 1. The fourth-order valence-electron chi connectivity index (χ4n) is 3.10. The van der Waals surface area contributed by atoms with Crippen molar-refractivity contribution >= 4 is 17.4 Å². The molecule has 24 heavy (non-hydrogen) atoms. The smallest absolute Gasteiger partial charge is 0.317 e. The Morgan fingerprint density at radius 1 is 1.38 bits per heavy atom. The Balaban J connectivity index is 1.47. The maximum absolute atomic E-state index is 12.6. The Bertz CT molecular complexity index is 485. The van der Waals surface area contributed by atoms with Gasteiger partial charge in [-0.1, -0.05) is 6.07 Å². The van der Waals surface area contributed by atoms with Crippen LogP contribution in [0.5, 0.6) is 0 Å². The molecule has 2 fully saturated rings. The third-order valence-electron chi connectivity index (χ3n) is 4.47. The highest BCUT2D eigenvalue weighted by Crippen LogP contribution is 2.17.